The molecule has 7 heteroatoms. The van der Waals surface area contributed by atoms with Gasteiger partial charge in [-0.15, -0.1) is 0 Å². The molecule has 0 aliphatic carbocycles. The van der Waals surface area contributed by atoms with Crippen molar-refractivity contribution in [1.29, 1.82) is 0 Å². The van der Waals surface area contributed by atoms with Crippen molar-refractivity contribution in [3.8, 4) is 17.2 Å². The minimum Gasteiger partial charge on any atom is -0.490 e. The Balaban J connectivity index is 1.82. The van der Waals surface area contributed by atoms with Crippen molar-refractivity contribution in [3.63, 3.8) is 0 Å². The Bertz CT molecular complexity index is 918. The normalized spacial score (nSPS) is 13.2. The Hall–Kier alpha value is -2.67. The zero-order valence-corrected chi connectivity index (χ0v) is 19.5. The van der Waals surface area contributed by atoms with Crippen molar-refractivity contribution in [3.05, 3.63) is 53.1 Å². The summed E-state index contributed by atoms with van der Waals surface area (Å²) in [5.41, 5.74) is 2.94. The molecule has 2 aromatic carbocycles. The summed E-state index contributed by atoms with van der Waals surface area (Å²) in [6.45, 7) is 10.4. The van der Waals surface area contributed by atoms with Gasteiger partial charge in [0.2, 0.25) is 5.75 Å². The van der Waals surface area contributed by atoms with E-state index in [1.807, 2.05) is 20.8 Å². The van der Waals surface area contributed by atoms with E-state index in [1.54, 1.807) is 28.8 Å². The molecule has 0 saturated carbocycles. The SMILES string of the molecule is CCOc1cc(C(=O)N2CCN=C2SCc2cccc(C)c2)cc(OCC)c1OCC. The number of amidine groups is 1. The van der Waals surface area contributed by atoms with Crippen LogP contribution in [-0.4, -0.2) is 48.9 Å². The van der Waals surface area contributed by atoms with E-state index in [1.165, 1.54) is 11.1 Å². The molecular formula is C24H30N2O4S. The van der Waals surface area contributed by atoms with E-state index in [4.69, 9.17) is 14.2 Å². The first kappa shape index (κ1) is 23.0. The largest absolute Gasteiger partial charge is 0.490 e. The third kappa shape index (κ3) is 5.73. The first-order chi connectivity index (χ1) is 15.1. The van der Waals surface area contributed by atoms with E-state index in [9.17, 15) is 4.79 Å². The fourth-order valence-corrected chi connectivity index (χ4v) is 4.34. The minimum atomic E-state index is -0.113. The van der Waals surface area contributed by atoms with Crippen LogP contribution in [0.2, 0.25) is 0 Å². The molecule has 1 heterocycles. The second-order valence-electron chi connectivity index (χ2n) is 7.00. The van der Waals surface area contributed by atoms with Crippen LogP contribution in [0.5, 0.6) is 17.2 Å². The Kier molecular flexibility index (Phi) is 8.23. The average Bonchev–Trinajstić information content (AvgIpc) is 3.23. The second-order valence-corrected chi connectivity index (χ2v) is 7.94. The molecule has 0 saturated heterocycles. The summed E-state index contributed by atoms with van der Waals surface area (Å²) in [5.74, 6) is 2.22. The van der Waals surface area contributed by atoms with Crippen LogP contribution in [-0.2, 0) is 5.75 Å². The molecule has 1 amide bonds. The summed E-state index contributed by atoms with van der Waals surface area (Å²) in [6, 6.07) is 11.9. The van der Waals surface area contributed by atoms with Crippen LogP contribution in [0.15, 0.2) is 41.4 Å². The van der Waals surface area contributed by atoms with E-state index in [0.29, 0.717) is 55.7 Å². The van der Waals surface area contributed by atoms with Crippen LogP contribution in [0.3, 0.4) is 0 Å². The van der Waals surface area contributed by atoms with E-state index in [0.717, 1.165) is 10.9 Å². The van der Waals surface area contributed by atoms with Gasteiger partial charge < -0.3 is 14.2 Å². The van der Waals surface area contributed by atoms with Gasteiger partial charge in [-0.25, -0.2) is 0 Å². The van der Waals surface area contributed by atoms with Crippen molar-refractivity contribution in [2.75, 3.05) is 32.9 Å². The molecule has 0 atom stereocenters. The Morgan fingerprint density at radius 2 is 1.71 bits per heavy atom. The van der Waals surface area contributed by atoms with Gasteiger partial charge in [-0.3, -0.25) is 14.7 Å². The summed E-state index contributed by atoms with van der Waals surface area (Å²) in [5, 5.41) is 0.747. The third-order valence-electron chi connectivity index (χ3n) is 4.65. The van der Waals surface area contributed by atoms with Crippen LogP contribution < -0.4 is 14.2 Å². The van der Waals surface area contributed by atoms with Crippen molar-refractivity contribution >= 4 is 22.8 Å². The van der Waals surface area contributed by atoms with Crippen LogP contribution in [0.25, 0.3) is 0 Å². The van der Waals surface area contributed by atoms with E-state index in [-0.39, 0.29) is 5.91 Å². The van der Waals surface area contributed by atoms with Crippen LogP contribution in [0.4, 0.5) is 0 Å². The molecule has 6 nitrogen and oxygen atoms in total. The van der Waals surface area contributed by atoms with Crippen LogP contribution in [0, 0.1) is 6.92 Å². The first-order valence-corrected chi connectivity index (χ1v) is 11.7. The highest BCUT2D eigenvalue weighted by Crippen LogP contribution is 2.39. The number of carbonyl (C=O) groups excluding carboxylic acids is 1. The van der Waals surface area contributed by atoms with Gasteiger partial charge in [0.1, 0.15) is 0 Å². The zero-order valence-electron chi connectivity index (χ0n) is 18.6. The van der Waals surface area contributed by atoms with Crippen LogP contribution in [0.1, 0.15) is 42.3 Å². The maximum absolute atomic E-state index is 13.4. The average molecular weight is 443 g/mol. The van der Waals surface area contributed by atoms with E-state index >= 15 is 0 Å². The summed E-state index contributed by atoms with van der Waals surface area (Å²) in [4.78, 5) is 19.7. The molecule has 166 valence electrons. The minimum absolute atomic E-state index is 0.113. The quantitative estimate of drug-likeness (QED) is 0.551. The van der Waals surface area contributed by atoms with E-state index in [2.05, 4.69) is 36.2 Å². The first-order valence-electron chi connectivity index (χ1n) is 10.7. The summed E-state index contributed by atoms with van der Waals surface area (Å²) in [6.07, 6.45) is 0. The van der Waals surface area contributed by atoms with Crippen molar-refractivity contribution < 1.29 is 19.0 Å². The predicted molar refractivity (Wildman–Crippen MR) is 126 cm³/mol. The standard InChI is InChI=1S/C24H30N2O4S/c1-5-28-20-14-19(15-21(29-6-2)22(20)30-7-3)23(27)26-12-11-25-24(26)31-16-18-10-8-9-17(4)13-18/h8-10,13-15H,5-7,11-12,16H2,1-4H3. The highest BCUT2D eigenvalue weighted by atomic mass is 32.2. The summed E-state index contributed by atoms with van der Waals surface area (Å²) in [7, 11) is 0. The Labute approximate surface area is 188 Å². The van der Waals surface area contributed by atoms with Crippen molar-refractivity contribution in [2.24, 2.45) is 4.99 Å². The zero-order chi connectivity index (χ0) is 22.2. The number of aliphatic imine (C=N–C) groups is 1. The number of nitrogens with zero attached hydrogens (tertiary/aromatic N) is 2. The molecule has 0 N–H and O–H groups in total. The van der Waals surface area contributed by atoms with E-state index < -0.39 is 0 Å². The third-order valence-corrected chi connectivity index (χ3v) is 5.74. The van der Waals surface area contributed by atoms with Gasteiger partial charge in [-0.1, -0.05) is 41.6 Å². The number of rotatable bonds is 9. The Morgan fingerprint density at radius 3 is 2.32 bits per heavy atom. The van der Waals surface area contributed by atoms with Crippen molar-refractivity contribution in [1.82, 2.24) is 4.90 Å². The van der Waals surface area contributed by atoms with Gasteiger partial charge >= 0.3 is 0 Å². The van der Waals surface area contributed by atoms with Gasteiger partial charge in [0.25, 0.3) is 5.91 Å². The molecule has 0 aromatic heterocycles. The Morgan fingerprint density at radius 1 is 1.03 bits per heavy atom. The van der Waals surface area contributed by atoms with Gasteiger partial charge in [-0.05, 0) is 45.4 Å². The highest BCUT2D eigenvalue weighted by Gasteiger charge is 2.27. The van der Waals surface area contributed by atoms with Gasteiger partial charge in [0, 0.05) is 17.9 Å². The van der Waals surface area contributed by atoms with Crippen molar-refractivity contribution in [2.45, 2.75) is 33.4 Å². The number of carbonyl (C=O) groups is 1. The lowest BCUT2D eigenvalue weighted by Crippen LogP contribution is -2.33. The molecule has 31 heavy (non-hydrogen) atoms. The topological polar surface area (TPSA) is 60.4 Å². The molecule has 0 radical (unpaired) electrons. The number of benzene rings is 2. The number of thioether (sulfide) groups is 1. The molecule has 0 bridgehead atoms. The molecule has 0 spiro atoms. The maximum atomic E-state index is 13.4. The maximum Gasteiger partial charge on any atom is 0.260 e. The van der Waals surface area contributed by atoms with Gasteiger partial charge in [-0.2, -0.15) is 0 Å². The highest BCUT2D eigenvalue weighted by molar-refractivity contribution is 8.13. The molecule has 0 unspecified atom stereocenters. The van der Waals surface area contributed by atoms with Crippen LogP contribution >= 0.6 is 11.8 Å². The molecular weight excluding hydrogens is 412 g/mol. The monoisotopic (exact) mass is 442 g/mol. The number of hydrogen-bond donors (Lipinski definition) is 0. The molecule has 3 rings (SSSR count). The molecule has 1 aliphatic heterocycles. The number of amides is 1. The fourth-order valence-electron chi connectivity index (χ4n) is 3.36. The lowest BCUT2D eigenvalue weighted by atomic mass is 10.1. The smallest absolute Gasteiger partial charge is 0.260 e. The summed E-state index contributed by atoms with van der Waals surface area (Å²) < 4.78 is 17.3. The predicted octanol–water partition coefficient (Wildman–Crippen LogP) is 4.94. The molecule has 0 fully saturated rings. The van der Waals surface area contributed by atoms with Gasteiger partial charge in [0.05, 0.1) is 26.4 Å². The number of hydrogen-bond acceptors (Lipinski definition) is 6. The number of ether oxygens (including phenoxy) is 3. The lowest BCUT2D eigenvalue weighted by molar-refractivity contribution is 0.0859. The van der Waals surface area contributed by atoms with Gasteiger partial charge in [0.15, 0.2) is 16.7 Å². The fraction of sp³-hybridized carbons (Fsp3) is 0.417. The number of aryl methyl sites for hydroxylation is 1. The summed E-state index contributed by atoms with van der Waals surface area (Å²) >= 11 is 1.59. The lowest BCUT2D eigenvalue weighted by Gasteiger charge is -2.21. The molecule has 2 aromatic rings. The second kappa shape index (κ2) is 11.1. The molecule has 1 aliphatic rings.